The van der Waals surface area contributed by atoms with Crippen molar-refractivity contribution in [3.63, 3.8) is 0 Å². The number of rotatable bonds is 5. The molecule has 0 N–H and O–H groups in total. The topological polar surface area (TPSA) is 42.2 Å². The average molecular weight is 358 g/mol. The van der Waals surface area contributed by atoms with Gasteiger partial charge in [0, 0.05) is 35.2 Å². The molecule has 0 aliphatic heterocycles. The van der Waals surface area contributed by atoms with Crippen LogP contribution in [0.25, 0.3) is 11.3 Å². The van der Waals surface area contributed by atoms with Crippen LogP contribution >= 0.6 is 15.9 Å². The van der Waals surface area contributed by atoms with Gasteiger partial charge in [-0.1, -0.05) is 28.1 Å². The highest BCUT2D eigenvalue weighted by Gasteiger charge is 2.08. The van der Waals surface area contributed by atoms with Gasteiger partial charge in [-0.2, -0.15) is 0 Å². The van der Waals surface area contributed by atoms with Crippen LogP contribution in [-0.2, 0) is 13.1 Å². The van der Waals surface area contributed by atoms with Crippen LogP contribution in [0.3, 0.4) is 0 Å². The molecule has 0 atom stereocenters. The van der Waals surface area contributed by atoms with Gasteiger partial charge in [-0.25, -0.2) is 0 Å². The minimum Gasteiger partial charge on any atom is -0.460 e. The van der Waals surface area contributed by atoms with Crippen LogP contribution in [0, 0.1) is 0 Å². The normalized spacial score (nSPS) is 11.0. The molecule has 0 aliphatic rings. The van der Waals surface area contributed by atoms with Crippen LogP contribution in [0.1, 0.15) is 11.5 Å². The molecular formula is C17H16BrN3O. The van der Waals surface area contributed by atoms with Gasteiger partial charge >= 0.3 is 0 Å². The van der Waals surface area contributed by atoms with Gasteiger partial charge in [0.25, 0.3) is 0 Å². The maximum Gasteiger partial charge on any atom is 0.134 e. The van der Waals surface area contributed by atoms with Crippen molar-refractivity contribution in [1.29, 1.82) is 0 Å². The molecule has 4 nitrogen and oxygen atoms in total. The molecule has 5 heteroatoms. The summed E-state index contributed by atoms with van der Waals surface area (Å²) in [6.45, 7) is 1.47. The molecule has 1 aromatic carbocycles. The molecule has 3 aromatic rings. The van der Waals surface area contributed by atoms with Gasteiger partial charge in [-0.05, 0) is 31.3 Å². The summed E-state index contributed by atoms with van der Waals surface area (Å²) in [6.07, 6.45) is 5.17. The zero-order valence-corrected chi connectivity index (χ0v) is 13.8. The molecule has 0 fully saturated rings. The maximum atomic E-state index is 5.92. The Morgan fingerprint density at radius 1 is 1.05 bits per heavy atom. The lowest BCUT2D eigenvalue weighted by Gasteiger charge is -2.14. The van der Waals surface area contributed by atoms with Crippen molar-refractivity contribution in [1.82, 2.24) is 14.9 Å². The third-order valence-electron chi connectivity index (χ3n) is 3.26. The molecular weight excluding hydrogens is 342 g/mol. The summed E-state index contributed by atoms with van der Waals surface area (Å²) in [7, 11) is 2.04. The number of benzene rings is 1. The fourth-order valence-electron chi connectivity index (χ4n) is 2.24. The second-order valence-electron chi connectivity index (χ2n) is 5.14. The summed E-state index contributed by atoms with van der Waals surface area (Å²) in [5, 5.41) is 0. The molecule has 0 unspecified atom stereocenters. The van der Waals surface area contributed by atoms with E-state index in [0.717, 1.165) is 40.3 Å². The van der Waals surface area contributed by atoms with Crippen LogP contribution in [0.5, 0.6) is 0 Å². The SMILES string of the molecule is CN(Cc1cnccn1)Cc1ccc(-c2ccc(Br)cc2)o1. The van der Waals surface area contributed by atoms with Gasteiger partial charge in [0.15, 0.2) is 0 Å². The highest BCUT2D eigenvalue weighted by molar-refractivity contribution is 9.10. The first-order valence-electron chi connectivity index (χ1n) is 6.99. The molecule has 0 saturated carbocycles. The van der Waals surface area contributed by atoms with E-state index in [2.05, 4.69) is 30.8 Å². The third-order valence-corrected chi connectivity index (χ3v) is 3.79. The Bertz CT molecular complexity index is 725. The van der Waals surface area contributed by atoms with E-state index in [9.17, 15) is 0 Å². The van der Waals surface area contributed by atoms with Crippen LogP contribution in [0.2, 0.25) is 0 Å². The predicted octanol–water partition coefficient (Wildman–Crippen LogP) is 4.13. The Morgan fingerprint density at radius 3 is 2.59 bits per heavy atom. The minimum absolute atomic E-state index is 0.729. The Balaban J connectivity index is 1.65. The molecule has 112 valence electrons. The Kier molecular flexibility index (Phi) is 4.65. The third kappa shape index (κ3) is 3.81. The molecule has 2 heterocycles. The van der Waals surface area contributed by atoms with Gasteiger partial charge in [-0.15, -0.1) is 0 Å². The standard InChI is InChI=1S/C17H16BrN3O/c1-21(11-15-10-19-8-9-20-15)12-16-6-7-17(22-16)13-2-4-14(18)5-3-13/h2-10H,11-12H2,1H3. The monoisotopic (exact) mass is 357 g/mol. The van der Waals surface area contributed by atoms with E-state index in [4.69, 9.17) is 4.42 Å². The van der Waals surface area contributed by atoms with Crippen LogP contribution in [-0.4, -0.2) is 21.9 Å². The molecule has 0 aliphatic carbocycles. The summed E-state index contributed by atoms with van der Waals surface area (Å²) >= 11 is 3.44. The quantitative estimate of drug-likeness (QED) is 0.688. The second-order valence-corrected chi connectivity index (χ2v) is 6.06. The largest absolute Gasteiger partial charge is 0.460 e. The highest BCUT2D eigenvalue weighted by Crippen LogP contribution is 2.24. The Hall–Kier alpha value is -1.98. The van der Waals surface area contributed by atoms with E-state index in [1.807, 2.05) is 43.4 Å². The lowest BCUT2D eigenvalue weighted by Crippen LogP contribution is -2.17. The first-order chi connectivity index (χ1) is 10.7. The second kappa shape index (κ2) is 6.85. The molecule has 0 amide bonds. The minimum atomic E-state index is 0.729. The highest BCUT2D eigenvalue weighted by atomic mass is 79.9. The maximum absolute atomic E-state index is 5.92. The van der Waals surface area contributed by atoms with E-state index in [0.29, 0.717) is 0 Å². The lowest BCUT2D eigenvalue weighted by atomic mass is 10.2. The van der Waals surface area contributed by atoms with Gasteiger partial charge < -0.3 is 4.42 Å². The first-order valence-corrected chi connectivity index (χ1v) is 7.78. The van der Waals surface area contributed by atoms with E-state index < -0.39 is 0 Å². The fourth-order valence-corrected chi connectivity index (χ4v) is 2.51. The first kappa shape index (κ1) is 14.9. The van der Waals surface area contributed by atoms with Crippen molar-refractivity contribution < 1.29 is 4.42 Å². The average Bonchev–Trinajstić information content (AvgIpc) is 2.97. The van der Waals surface area contributed by atoms with Crippen LogP contribution in [0.4, 0.5) is 0 Å². The smallest absolute Gasteiger partial charge is 0.134 e. The fraction of sp³-hybridized carbons (Fsp3) is 0.176. The van der Waals surface area contributed by atoms with Crippen molar-refractivity contribution in [3.8, 4) is 11.3 Å². The number of aromatic nitrogens is 2. The molecule has 2 aromatic heterocycles. The molecule has 0 saturated heterocycles. The predicted molar refractivity (Wildman–Crippen MR) is 89.0 cm³/mol. The summed E-state index contributed by atoms with van der Waals surface area (Å²) in [4.78, 5) is 10.5. The molecule has 0 spiro atoms. The number of hydrogen-bond donors (Lipinski definition) is 0. The summed E-state index contributed by atoms with van der Waals surface area (Å²) in [6, 6.07) is 12.1. The molecule has 22 heavy (non-hydrogen) atoms. The summed E-state index contributed by atoms with van der Waals surface area (Å²) < 4.78 is 6.99. The van der Waals surface area contributed by atoms with E-state index >= 15 is 0 Å². The van der Waals surface area contributed by atoms with Gasteiger partial charge in [0.2, 0.25) is 0 Å². The Labute approximate surface area is 138 Å². The van der Waals surface area contributed by atoms with Crippen molar-refractivity contribution in [2.75, 3.05) is 7.05 Å². The van der Waals surface area contributed by atoms with E-state index in [-0.39, 0.29) is 0 Å². The number of furan rings is 1. The van der Waals surface area contributed by atoms with Crippen LogP contribution in [0.15, 0.2) is 63.9 Å². The number of nitrogens with zero attached hydrogens (tertiary/aromatic N) is 3. The van der Waals surface area contributed by atoms with Crippen molar-refractivity contribution in [2.24, 2.45) is 0 Å². The van der Waals surface area contributed by atoms with Crippen molar-refractivity contribution in [3.05, 3.63) is 70.9 Å². The molecule has 3 rings (SSSR count). The van der Waals surface area contributed by atoms with E-state index in [1.54, 1.807) is 18.6 Å². The van der Waals surface area contributed by atoms with E-state index in [1.165, 1.54) is 0 Å². The zero-order chi connectivity index (χ0) is 15.4. The molecule has 0 radical (unpaired) electrons. The van der Waals surface area contributed by atoms with Gasteiger partial charge in [0.05, 0.1) is 12.2 Å². The summed E-state index contributed by atoms with van der Waals surface area (Å²) in [5.74, 6) is 1.82. The van der Waals surface area contributed by atoms with Crippen LogP contribution < -0.4 is 0 Å². The zero-order valence-electron chi connectivity index (χ0n) is 12.2. The van der Waals surface area contributed by atoms with Crippen molar-refractivity contribution >= 4 is 15.9 Å². The number of halogens is 1. The Morgan fingerprint density at radius 2 is 1.86 bits per heavy atom. The van der Waals surface area contributed by atoms with Gasteiger partial charge in [-0.3, -0.25) is 14.9 Å². The van der Waals surface area contributed by atoms with Crippen molar-refractivity contribution in [2.45, 2.75) is 13.1 Å². The summed E-state index contributed by atoms with van der Waals surface area (Å²) in [5.41, 5.74) is 2.02. The van der Waals surface area contributed by atoms with Gasteiger partial charge in [0.1, 0.15) is 11.5 Å². The lowest BCUT2D eigenvalue weighted by molar-refractivity contribution is 0.286. The number of hydrogen-bond acceptors (Lipinski definition) is 4. The molecule has 0 bridgehead atoms.